The molecule has 0 bridgehead atoms. The Morgan fingerprint density at radius 2 is 1.74 bits per heavy atom. The maximum Gasteiger partial charge on any atom is 0.0378 e. The maximum absolute atomic E-state index is 5.91. The molecule has 1 aliphatic heterocycles. The summed E-state index contributed by atoms with van der Waals surface area (Å²) in [6, 6.07) is 6.56. The van der Waals surface area contributed by atoms with Crippen LogP contribution in [0.25, 0.3) is 0 Å². The summed E-state index contributed by atoms with van der Waals surface area (Å²) in [4.78, 5) is 4.79. The number of hydrogen-bond acceptors (Lipinski definition) is 4. The molecule has 1 fully saturated rings. The summed E-state index contributed by atoms with van der Waals surface area (Å²) in [7, 11) is 4.81. The van der Waals surface area contributed by atoms with E-state index in [1.165, 1.54) is 11.3 Å². The molecule has 0 saturated carbocycles. The second kappa shape index (κ2) is 9.62. The van der Waals surface area contributed by atoms with E-state index >= 15 is 0 Å². The predicted molar refractivity (Wildman–Crippen MR) is 114 cm³/mol. The predicted octanol–water partition coefficient (Wildman–Crippen LogP) is 4.53. The van der Waals surface area contributed by atoms with E-state index in [9.17, 15) is 0 Å². The van der Waals surface area contributed by atoms with E-state index in [1.54, 1.807) is 11.4 Å². The highest BCUT2D eigenvalue weighted by atomic mass is 79.9. The Bertz CT molecular complexity index is 483. The molecule has 0 aromatic heterocycles. The summed E-state index contributed by atoms with van der Waals surface area (Å²) >= 11 is 5.41. The van der Waals surface area contributed by atoms with Gasteiger partial charge in [0.05, 0.1) is 0 Å². The first-order valence-electron chi connectivity index (χ1n) is 8.00. The molecule has 132 valence electrons. The number of halogens is 1. The van der Waals surface area contributed by atoms with E-state index in [0.717, 1.165) is 30.7 Å². The molecule has 3 nitrogen and oxygen atoms in total. The van der Waals surface area contributed by atoms with Crippen LogP contribution < -0.4 is 10.6 Å². The van der Waals surface area contributed by atoms with Crippen LogP contribution in [0.3, 0.4) is 0 Å². The Morgan fingerprint density at radius 1 is 1.22 bits per heavy atom. The lowest BCUT2D eigenvalue weighted by atomic mass is 10.1. The van der Waals surface area contributed by atoms with Crippen LogP contribution in [0.4, 0.5) is 5.69 Å². The normalized spacial score (nSPS) is 17.5. The number of likely N-dealkylation sites (N-methyl/N-ethyl adjacent to an activating group) is 1. The van der Waals surface area contributed by atoms with Gasteiger partial charge in [0.25, 0.3) is 0 Å². The second-order valence-electron chi connectivity index (χ2n) is 7.02. The van der Waals surface area contributed by atoms with E-state index in [4.69, 9.17) is 5.73 Å². The van der Waals surface area contributed by atoms with E-state index in [0.29, 0.717) is 4.75 Å². The molecule has 2 atom stereocenters. The third-order valence-corrected chi connectivity index (χ3v) is 7.21. The molecule has 1 aromatic carbocycles. The van der Waals surface area contributed by atoms with Gasteiger partial charge in [-0.3, -0.25) is 0 Å². The molecule has 2 N–H and O–H groups in total. The zero-order valence-electron chi connectivity index (χ0n) is 15.0. The summed E-state index contributed by atoms with van der Waals surface area (Å²) in [6.07, 6.45) is 0. The van der Waals surface area contributed by atoms with Gasteiger partial charge in [-0.15, -0.1) is 11.4 Å². The SMILES string of the molecule is CC(C)(C)SP.CC(N)c1ccc(N2CCN(C)CC2)cc1Br. The van der Waals surface area contributed by atoms with Gasteiger partial charge in [-0.05, 0) is 31.7 Å². The molecule has 1 aliphatic rings. The number of anilines is 1. The number of piperazine rings is 1. The van der Waals surface area contributed by atoms with Crippen LogP contribution in [0.5, 0.6) is 0 Å². The minimum Gasteiger partial charge on any atom is -0.369 e. The Morgan fingerprint density at radius 3 is 2.13 bits per heavy atom. The average Bonchev–Trinajstić information content (AvgIpc) is 2.47. The first kappa shape index (κ1) is 21.2. The molecule has 23 heavy (non-hydrogen) atoms. The molecule has 6 heteroatoms. The standard InChI is InChI=1S/C13H20BrN3.C4H11PS/c1-10(15)12-4-3-11(9-13(12)14)17-7-5-16(2)6-8-17;1-4(2,3)6-5/h3-4,9-10H,5-8,15H2,1-2H3;5H2,1-3H3. The van der Waals surface area contributed by atoms with E-state index in [1.807, 2.05) is 6.92 Å². The number of nitrogens with zero attached hydrogens (tertiary/aromatic N) is 2. The largest absolute Gasteiger partial charge is 0.369 e. The zero-order chi connectivity index (χ0) is 17.6. The van der Waals surface area contributed by atoms with Gasteiger partial charge in [-0.25, -0.2) is 0 Å². The summed E-state index contributed by atoms with van der Waals surface area (Å²) < 4.78 is 1.54. The average molecular weight is 420 g/mol. The van der Waals surface area contributed by atoms with Crippen molar-refractivity contribution in [2.45, 2.75) is 38.5 Å². The van der Waals surface area contributed by atoms with Gasteiger partial charge < -0.3 is 15.5 Å². The fourth-order valence-corrected chi connectivity index (χ4v) is 2.87. The summed E-state index contributed by atoms with van der Waals surface area (Å²) in [5, 5.41) is 0. The molecule has 1 saturated heterocycles. The lowest BCUT2D eigenvalue weighted by Gasteiger charge is -2.34. The lowest BCUT2D eigenvalue weighted by molar-refractivity contribution is 0.313. The fraction of sp³-hybridized carbons (Fsp3) is 0.647. The van der Waals surface area contributed by atoms with Crippen molar-refractivity contribution in [1.82, 2.24) is 4.90 Å². The van der Waals surface area contributed by atoms with Gasteiger partial charge in [-0.2, -0.15) is 0 Å². The van der Waals surface area contributed by atoms with E-state index in [-0.39, 0.29) is 6.04 Å². The zero-order valence-corrected chi connectivity index (χ0v) is 18.5. The van der Waals surface area contributed by atoms with Crippen LogP contribution in [-0.4, -0.2) is 42.9 Å². The Balaban J connectivity index is 0.000000379. The van der Waals surface area contributed by atoms with Crippen molar-refractivity contribution < 1.29 is 0 Å². The molecule has 2 rings (SSSR count). The quantitative estimate of drug-likeness (QED) is 0.713. The van der Waals surface area contributed by atoms with Crippen LogP contribution in [0.15, 0.2) is 22.7 Å². The van der Waals surface area contributed by atoms with Crippen molar-refractivity contribution in [3.8, 4) is 0 Å². The number of rotatable bonds is 2. The minimum absolute atomic E-state index is 0.0749. The third kappa shape index (κ3) is 7.74. The highest BCUT2D eigenvalue weighted by Gasteiger charge is 2.15. The first-order valence-corrected chi connectivity index (χ1v) is 11.1. The van der Waals surface area contributed by atoms with Gasteiger partial charge in [-0.1, -0.05) is 51.2 Å². The molecule has 0 spiro atoms. The molecular weight excluding hydrogens is 389 g/mol. The molecule has 1 heterocycles. The summed E-state index contributed by atoms with van der Waals surface area (Å²) in [5.41, 5.74) is 8.37. The summed E-state index contributed by atoms with van der Waals surface area (Å²) in [6.45, 7) is 13.0. The summed E-state index contributed by atoms with van der Waals surface area (Å²) in [5.74, 6) is 0. The monoisotopic (exact) mass is 419 g/mol. The van der Waals surface area contributed by atoms with Gasteiger partial charge in [0.15, 0.2) is 0 Å². The maximum atomic E-state index is 5.91. The Labute approximate surface area is 156 Å². The number of benzene rings is 1. The van der Waals surface area contributed by atoms with Gasteiger partial charge in [0.2, 0.25) is 0 Å². The van der Waals surface area contributed by atoms with Crippen LogP contribution in [0.2, 0.25) is 0 Å². The van der Waals surface area contributed by atoms with Crippen molar-refractivity contribution in [2.24, 2.45) is 5.73 Å². The third-order valence-electron chi connectivity index (χ3n) is 3.70. The molecular formula is C17H31BrN3PS. The first-order chi connectivity index (χ1) is 10.6. The second-order valence-corrected chi connectivity index (χ2v) is 10.0. The highest BCUT2D eigenvalue weighted by Crippen LogP contribution is 2.29. The van der Waals surface area contributed by atoms with Gasteiger partial charge in [0, 0.05) is 47.1 Å². The molecule has 0 amide bonds. The Kier molecular flexibility index (Phi) is 8.89. The number of hydrogen-bond donors (Lipinski definition) is 1. The molecule has 2 unspecified atom stereocenters. The molecule has 1 aromatic rings. The van der Waals surface area contributed by atoms with Crippen LogP contribution in [0, 0.1) is 0 Å². The topological polar surface area (TPSA) is 32.5 Å². The highest BCUT2D eigenvalue weighted by molar-refractivity contribution is 9.10. The van der Waals surface area contributed by atoms with Crippen molar-refractivity contribution in [1.29, 1.82) is 0 Å². The van der Waals surface area contributed by atoms with Crippen molar-refractivity contribution in [3.63, 3.8) is 0 Å². The van der Waals surface area contributed by atoms with Crippen molar-refractivity contribution in [2.75, 3.05) is 38.1 Å². The van der Waals surface area contributed by atoms with Crippen molar-refractivity contribution in [3.05, 3.63) is 28.2 Å². The van der Waals surface area contributed by atoms with Crippen LogP contribution >= 0.6 is 35.8 Å². The Hall–Kier alpha value is 0.200. The minimum atomic E-state index is 0.0749. The molecule has 0 aliphatic carbocycles. The van der Waals surface area contributed by atoms with Crippen LogP contribution in [0.1, 0.15) is 39.3 Å². The smallest absolute Gasteiger partial charge is 0.0378 e. The number of nitrogens with two attached hydrogens (primary N) is 1. The molecule has 0 radical (unpaired) electrons. The van der Waals surface area contributed by atoms with Crippen molar-refractivity contribution >= 4 is 41.4 Å². The van der Waals surface area contributed by atoms with Gasteiger partial charge in [0.1, 0.15) is 0 Å². The fourth-order valence-electron chi connectivity index (χ4n) is 2.15. The van der Waals surface area contributed by atoms with E-state index < -0.39 is 0 Å². The van der Waals surface area contributed by atoms with E-state index in [2.05, 4.69) is 80.2 Å². The van der Waals surface area contributed by atoms with Gasteiger partial charge >= 0.3 is 0 Å². The lowest BCUT2D eigenvalue weighted by Crippen LogP contribution is -2.44. The van der Waals surface area contributed by atoms with Crippen LogP contribution in [-0.2, 0) is 0 Å².